The van der Waals surface area contributed by atoms with Gasteiger partial charge in [-0.25, -0.2) is 8.42 Å². The molecule has 6 nitrogen and oxygen atoms in total. The molecule has 0 unspecified atom stereocenters. The second-order valence-electron chi connectivity index (χ2n) is 6.11. The van der Waals surface area contributed by atoms with Crippen molar-refractivity contribution < 1.29 is 13.2 Å². The first-order chi connectivity index (χ1) is 12.3. The van der Waals surface area contributed by atoms with Gasteiger partial charge in [0, 0.05) is 26.1 Å². The summed E-state index contributed by atoms with van der Waals surface area (Å²) in [6.45, 7) is 4.59. The van der Waals surface area contributed by atoms with E-state index in [1.807, 2.05) is 26.0 Å². The average Bonchev–Trinajstić information content (AvgIpc) is 2.61. The number of hydrogen-bond acceptors (Lipinski definition) is 4. The number of rotatable bonds is 8. The Balaban J connectivity index is 2.31. The zero-order chi connectivity index (χ0) is 19.2. The second-order valence-corrected chi connectivity index (χ2v) is 7.98. The lowest BCUT2D eigenvalue weighted by molar-refractivity contribution is -0.120. The Morgan fingerprint density at radius 1 is 1.00 bits per heavy atom. The monoisotopic (exact) mass is 375 g/mol. The number of nitrogens with zero attached hydrogens (tertiary/aromatic N) is 1. The topological polar surface area (TPSA) is 92.5 Å². The SMILES string of the molecule is Cc1ccc(N(CCC(=O)NCCN)S(=O)(=O)c2ccc(C)cc2)cc1. The zero-order valence-electron chi connectivity index (χ0n) is 15.1. The van der Waals surface area contributed by atoms with Gasteiger partial charge in [0.15, 0.2) is 0 Å². The fraction of sp³-hybridized carbons (Fsp3) is 0.316. The summed E-state index contributed by atoms with van der Waals surface area (Å²) in [4.78, 5) is 12.1. The molecular formula is C19H25N3O3S. The third-order valence-corrected chi connectivity index (χ3v) is 5.78. The predicted octanol–water partition coefficient (Wildman–Crippen LogP) is 1.96. The van der Waals surface area contributed by atoms with Gasteiger partial charge in [0.2, 0.25) is 5.91 Å². The van der Waals surface area contributed by atoms with Gasteiger partial charge in [-0.1, -0.05) is 35.4 Å². The van der Waals surface area contributed by atoms with Crippen LogP contribution in [0.2, 0.25) is 0 Å². The van der Waals surface area contributed by atoms with Crippen LogP contribution in [-0.4, -0.2) is 34.0 Å². The highest BCUT2D eigenvalue weighted by Gasteiger charge is 2.25. The van der Waals surface area contributed by atoms with E-state index in [-0.39, 0.29) is 23.8 Å². The van der Waals surface area contributed by atoms with Crippen LogP contribution in [0.4, 0.5) is 5.69 Å². The molecule has 0 aliphatic heterocycles. The van der Waals surface area contributed by atoms with E-state index >= 15 is 0 Å². The van der Waals surface area contributed by atoms with Gasteiger partial charge >= 0.3 is 0 Å². The van der Waals surface area contributed by atoms with Crippen LogP contribution in [0.5, 0.6) is 0 Å². The summed E-state index contributed by atoms with van der Waals surface area (Å²) in [5.41, 5.74) is 7.91. The number of benzene rings is 2. The molecule has 1 amide bonds. The fourth-order valence-electron chi connectivity index (χ4n) is 2.44. The summed E-state index contributed by atoms with van der Waals surface area (Å²) in [6, 6.07) is 13.9. The van der Waals surface area contributed by atoms with Crippen LogP contribution in [0.1, 0.15) is 17.5 Å². The first-order valence-corrected chi connectivity index (χ1v) is 9.91. The Labute approximate surface area is 155 Å². The Hall–Kier alpha value is -2.38. The first kappa shape index (κ1) is 19.9. The lowest BCUT2D eigenvalue weighted by Gasteiger charge is -2.24. The second kappa shape index (κ2) is 8.82. The highest BCUT2D eigenvalue weighted by molar-refractivity contribution is 7.92. The van der Waals surface area contributed by atoms with Gasteiger partial charge in [0.1, 0.15) is 0 Å². The average molecular weight is 375 g/mol. The van der Waals surface area contributed by atoms with E-state index in [0.29, 0.717) is 18.8 Å². The highest BCUT2D eigenvalue weighted by Crippen LogP contribution is 2.24. The van der Waals surface area contributed by atoms with Crippen molar-refractivity contribution >= 4 is 21.6 Å². The molecule has 0 atom stereocenters. The van der Waals surface area contributed by atoms with E-state index in [4.69, 9.17) is 5.73 Å². The maximum atomic E-state index is 13.1. The van der Waals surface area contributed by atoms with Crippen molar-refractivity contribution in [2.45, 2.75) is 25.2 Å². The summed E-state index contributed by atoms with van der Waals surface area (Å²) in [7, 11) is -3.77. The van der Waals surface area contributed by atoms with Gasteiger partial charge in [0.05, 0.1) is 10.6 Å². The number of hydrogen-bond donors (Lipinski definition) is 2. The van der Waals surface area contributed by atoms with Crippen LogP contribution in [-0.2, 0) is 14.8 Å². The predicted molar refractivity (Wildman–Crippen MR) is 104 cm³/mol. The lowest BCUT2D eigenvalue weighted by atomic mass is 10.2. The van der Waals surface area contributed by atoms with Gasteiger partial charge in [-0.05, 0) is 38.1 Å². The quantitative estimate of drug-likeness (QED) is 0.738. The normalized spacial score (nSPS) is 11.2. The molecule has 0 radical (unpaired) electrons. The molecule has 2 aromatic carbocycles. The molecule has 0 heterocycles. The molecule has 3 N–H and O–H groups in total. The summed E-state index contributed by atoms with van der Waals surface area (Å²) < 4.78 is 27.5. The molecule has 0 saturated carbocycles. The number of carbonyl (C=O) groups is 1. The molecule has 0 saturated heterocycles. The summed E-state index contributed by atoms with van der Waals surface area (Å²) >= 11 is 0. The Bertz CT molecular complexity index is 831. The van der Waals surface area contributed by atoms with Crippen LogP contribution in [0.15, 0.2) is 53.4 Å². The third-order valence-electron chi connectivity index (χ3n) is 3.94. The zero-order valence-corrected chi connectivity index (χ0v) is 15.9. The van der Waals surface area contributed by atoms with Crippen molar-refractivity contribution in [1.29, 1.82) is 0 Å². The first-order valence-electron chi connectivity index (χ1n) is 8.47. The fourth-order valence-corrected chi connectivity index (χ4v) is 3.91. The molecule has 0 aromatic heterocycles. The molecular weight excluding hydrogens is 350 g/mol. The molecule has 0 aliphatic carbocycles. The summed E-state index contributed by atoms with van der Waals surface area (Å²) in [5.74, 6) is -0.230. The van der Waals surface area contributed by atoms with Gasteiger partial charge in [-0.15, -0.1) is 0 Å². The van der Waals surface area contributed by atoms with E-state index < -0.39 is 10.0 Å². The minimum absolute atomic E-state index is 0.0513. The van der Waals surface area contributed by atoms with E-state index in [1.165, 1.54) is 4.31 Å². The van der Waals surface area contributed by atoms with Crippen molar-refractivity contribution in [3.05, 3.63) is 59.7 Å². The van der Waals surface area contributed by atoms with Crippen molar-refractivity contribution in [2.24, 2.45) is 5.73 Å². The molecule has 26 heavy (non-hydrogen) atoms. The van der Waals surface area contributed by atoms with Crippen LogP contribution < -0.4 is 15.4 Å². The largest absolute Gasteiger partial charge is 0.355 e. The maximum Gasteiger partial charge on any atom is 0.264 e. The van der Waals surface area contributed by atoms with Gasteiger partial charge < -0.3 is 11.1 Å². The van der Waals surface area contributed by atoms with Crippen LogP contribution in [0.3, 0.4) is 0 Å². The minimum Gasteiger partial charge on any atom is -0.355 e. The number of carbonyl (C=O) groups excluding carboxylic acids is 1. The van der Waals surface area contributed by atoms with Gasteiger partial charge in [-0.2, -0.15) is 0 Å². The molecule has 0 spiro atoms. The number of anilines is 1. The minimum atomic E-state index is -3.77. The lowest BCUT2D eigenvalue weighted by Crippen LogP contribution is -2.36. The number of sulfonamides is 1. The molecule has 7 heteroatoms. The third kappa shape index (κ3) is 5.06. The molecule has 140 valence electrons. The molecule has 2 rings (SSSR count). The van der Waals surface area contributed by atoms with Gasteiger partial charge in [-0.3, -0.25) is 9.10 Å². The smallest absolute Gasteiger partial charge is 0.264 e. The Kier molecular flexibility index (Phi) is 6.76. The van der Waals surface area contributed by atoms with E-state index in [1.54, 1.807) is 36.4 Å². The summed E-state index contributed by atoms with van der Waals surface area (Å²) in [5, 5.41) is 2.66. The van der Waals surface area contributed by atoms with Gasteiger partial charge in [0.25, 0.3) is 10.0 Å². The molecule has 2 aromatic rings. The van der Waals surface area contributed by atoms with Crippen molar-refractivity contribution in [3.8, 4) is 0 Å². The Morgan fingerprint density at radius 2 is 1.54 bits per heavy atom. The van der Waals surface area contributed by atoms with Crippen molar-refractivity contribution in [3.63, 3.8) is 0 Å². The van der Waals surface area contributed by atoms with Crippen LogP contribution in [0.25, 0.3) is 0 Å². The van der Waals surface area contributed by atoms with Crippen molar-refractivity contribution in [2.75, 3.05) is 23.9 Å². The maximum absolute atomic E-state index is 13.1. The number of nitrogens with one attached hydrogen (secondary N) is 1. The van der Waals surface area contributed by atoms with Crippen LogP contribution >= 0.6 is 0 Å². The van der Waals surface area contributed by atoms with E-state index in [2.05, 4.69) is 5.32 Å². The standard InChI is InChI=1S/C19H25N3O3S/c1-15-3-7-17(8-4-15)22(14-11-19(23)21-13-12-20)26(24,25)18-9-5-16(2)6-10-18/h3-10H,11-14,20H2,1-2H3,(H,21,23). The molecule has 0 aliphatic rings. The number of aryl methyl sites for hydroxylation is 2. The molecule has 0 fully saturated rings. The van der Waals surface area contributed by atoms with Crippen molar-refractivity contribution in [1.82, 2.24) is 5.32 Å². The summed E-state index contributed by atoms with van der Waals surface area (Å²) in [6.07, 6.45) is 0.0545. The molecule has 0 bridgehead atoms. The van der Waals surface area contributed by atoms with Crippen LogP contribution in [0, 0.1) is 13.8 Å². The van der Waals surface area contributed by atoms with E-state index in [0.717, 1.165) is 11.1 Å². The Morgan fingerprint density at radius 3 is 2.08 bits per heavy atom. The van der Waals surface area contributed by atoms with E-state index in [9.17, 15) is 13.2 Å². The number of amides is 1. The highest BCUT2D eigenvalue weighted by atomic mass is 32.2. The number of nitrogens with two attached hydrogens (primary N) is 1.